The molecule has 0 radical (unpaired) electrons. The normalized spacial score (nSPS) is 26.9. The third kappa shape index (κ3) is 2.89. The summed E-state index contributed by atoms with van der Waals surface area (Å²) in [4.78, 5) is 17.2. The number of aliphatic imine (C=N–C) groups is 1. The fraction of sp³-hybridized carbons (Fsp3) is 0.733. The number of carbonyl (C=O) groups excluding carboxylic acids is 1. The van der Waals surface area contributed by atoms with Gasteiger partial charge in [-0.1, -0.05) is 0 Å². The number of hydrogen-bond acceptors (Lipinski definition) is 4. The van der Waals surface area contributed by atoms with E-state index in [4.69, 9.17) is 4.99 Å². The van der Waals surface area contributed by atoms with Gasteiger partial charge in [0.05, 0.1) is 0 Å². The van der Waals surface area contributed by atoms with Gasteiger partial charge in [0.25, 0.3) is 0 Å². The van der Waals surface area contributed by atoms with Crippen LogP contribution < -0.4 is 5.32 Å². The van der Waals surface area contributed by atoms with Crippen LogP contribution in [-0.2, 0) is 19.7 Å². The van der Waals surface area contributed by atoms with Crippen molar-refractivity contribution in [2.75, 3.05) is 13.1 Å². The average molecular weight is 309 g/mol. The zero-order valence-corrected chi connectivity index (χ0v) is 13.2. The molecule has 0 bridgehead atoms. The first-order chi connectivity index (χ1) is 10.1. The van der Waals surface area contributed by atoms with Gasteiger partial charge in [-0.05, 0) is 0 Å². The molecular formula is C15H23N3O2S. The second kappa shape index (κ2) is 6.10. The molecule has 2 heterocycles. The van der Waals surface area contributed by atoms with E-state index in [9.17, 15) is 8.84 Å². The first-order valence-electron chi connectivity index (χ1n) is 7.84. The maximum atomic E-state index is 12.4. The average Bonchev–Trinajstić information content (AvgIpc) is 2.85. The van der Waals surface area contributed by atoms with E-state index >= 15 is 0 Å². The zero-order valence-electron chi connectivity index (χ0n) is 12.3. The molecule has 21 heavy (non-hydrogen) atoms. The third-order valence-electron chi connectivity index (χ3n) is 4.94. The van der Waals surface area contributed by atoms with Crippen LogP contribution in [0.15, 0.2) is 17.0 Å². The molecule has 1 spiro atoms. The number of nitrogens with one attached hydrogen (secondary N) is 1. The van der Waals surface area contributed by atoms with Crippen molar-refractivity contribution in [3.8, 4) is 0 Å². The van der Waals surface area contributed by atoms with Crippen LogP contribution in [0.2, 0.25) is 0 Å². The van der Waals surface area contributed by atoms with E-state index < -0.39 is 16.4 Å². The molecule has 1 amide bonds. The van der Waals surface area contributed by atoms with E-state index in [0.29, 0.717) is 31.8 Å². The van der Waals surface area contributed by atoms with Crippen molar-refractivity contribution in [3.05, 3.63) is 12.0 Å². The number of piperidine rings is 1. The molecule has 0 atom stereocenters. The van der Waals surface area contributed by atoms with Crippen molar-refractivity contribution in [1.82, 2.24) is 9.62 Å². The second-order valence-electron chi connectivity index (χ2n) is 6.19. The van der Waals surface area contributed by atoms with Crippen LogP contribution in [0.3, 0.4) is 0 Å². The molecule has 116 valence electrons. The minimum atomic E-state index is -1.14. The molecule has 0 unspecified atom stereocenters. The molecular weight excluding hydrogens is 286 g/mol. The van der Waals surface area contributed by atoms with Gasteiger partial charge in [-0.3, -0.25) is 0 Å². The summed E-state index contributed by atoms with van der Waals surface area (Å²) in [6.07, 6.45) is 7.34. The fourth-order valence-electron chi connectivity index (χ4n) is 3.59. The van der Waals surface area contributed by atoms with E-state index in [1.165, 1.54) is 24.7 Å². The molecule has 3 rings (SSSR count). The first kappa shape index (κ1) is 15.1. The first-order valence-corrected chi connectivity index (χ1v) is 9.01. The Kier molecular flexibility index (Phi) is 4.38. The second-order valence-corrected chi connectivity index (χ2v) is 7.59. The SMILES string of the molecule is C=C[S-](#[O+])N1CCC2(CC1)N=C(C1CCCCC1)NC2=O. The number of amides is 1. The third-order valence-corrected chi connectivity index (χ3v) is 6.10. The van der Waals surface area contributed by atoms with Crippen LogP contribution in [0.4, 0.5) is 0 Å². The fourth-order valence-corrected chi connectivity index (χ4v) is 4.34. The standard InChI is InChI=1S/C15H23N3O2S/c1-2-21(20)18-10-8-15(9-11-18)14(19)16-13(17-15)12-6-4-3-5-7-12/h2,12H,1,3-11H2,(H,16,17,19). The molecule has 1 aliphatic carbocycles. The summed E-state index contributed by atoms with van der Waals surface area (Å²) in [6, 6.07) is 0. The predicted molar refractivity (Wildman–Crippen MR) is 83.9 cm³/mol. The van der Waals surface area contributed by atoms with Crippen LogP contribution in [0.25, 0.3) is 0 Å². The molecule has 1 N–H and O–H groups in total. The van der Waals surface area contributed by atoms with Crippen molar-refractivity contribution in [3.63, 3.8) is 0 Å². The Bertz CT molecular complexity index is 535. The summed E-state index contributed by atoms with van der Waals surface area (Å²) < 4.78 is 13.6. The van der Waals surface area contributed by atoms with Crippen LogP contribution in [0.1, 0.15) is 44.9 Å². The Labute approximate surface area is 128 Å². The van der Waals surface area contributed by atoms with Gasteiger partial charge in [-0.15, -0.1) is 0 Å². The molecule has 5 nitrogen and oxygen atoms in total. The monoisotopic (exact) mass is 309 g/mol. The molecule has 0 aromatic carbocycles. The Morgan fingerprint density at radius 3 is 2.62 bits per heavy atom. The van der Waals surface area contributed by atoms with Crippen molar-refractivity contribution in [1.29, 1.82) is 0 Å². The summed E-state index contributed by atoms with van der Waals surface area (Å²) >= 11 is 0. The van der Waals surface area contributed by atoms with Gasteiger partial charge in [-0.2, -0.15) is 0 Å². The van der Waals surface area contributed by atoms with E-state index in [1.807, 2.05) is 4.31 Å². The summed E-state index contributed by atoms with van der Waals surface area (Å²) in [6.45, 7) is 4.83. The van der Waals surface area contributed by atoms with Crippen molar-refractivity contribution >= 4 is 22.6 Å². The number of rotatable bonds is 1. The molecule has 0 aromatic heterocycles. The van der Waals surface area contributed by atoms with Crippen molar-refractivity contribution in [2.24, 2.45) is 10.9 Å². The molecule has 2 aliphatic heterocycles. The topological polar surface area (TPSA) is 64.6 Å². The van der Waals surface area contributed by atoms with Gasteiger partial charge in [-0.25, -0.2) is 0 Å². The maximum absolute atomic E-state index is 12.4. The van der Waals surface area contributed by atoms with E-state index in [2.05, 4.69) is 11.9 Å². The van der Waals surface area contributed by atoms with E-state index in [-0.39, 0.29) is 5.91 Å². The molecule has 2 fully saturated rings. The molecule has 6 heteroatoms. The molecule has 1 saturated heterocycles. The minimum absolute atomic E-state index is 0.0482. The van der Waals surface area contributed by atoms with Gasteiger partial charge in [0.2, 0.25) is 0 Å². The van der Waals surface area contributed by atoms with Crippen LogP contribution in [0.5, 0.6) is 0 Å². The summed E-state index contributed by atoms with van der Waals surface area (Å²) in [5.41, 5.74) is -0.603. The molecule has 0 aromatic rings. The van der Waals surface area contributed by atoms with E-state index in [1.54, 1.807) is 0 Å². The van der Waals surface area contributed by atoms with Crippen LogP contribution in [-0.4, -0.2) is 34.7 Å². The number of hydrogen-bond donors (Lipinski definition) is 1. The van der Waals surface area contributed by atoms with Crippen molar-refractivity contribution < 1.29 is 8.84 Å². The summed E-state index contributed by atoms with van der Waals surface area (Å²) in [5, 5.41) is 4.49. The number of carbonyl (C=O) groups is 1. The van der Waals surface area contributed by atoms with Crippen molar-refractivity contribution in [2.45, 2.75) is 50.5 Å². The molecule has 1 saturated carbocycles. The summed E-state index contributed by atoms with van der Waals surface area (Å²) in [7, 11) is -1.14. The number of nitrogens with zero attached hydrogens (tertiary/aromatic N) is 2. The quantitative estimate of drug-likeness (QED) is 0.594. The Hall–Kier alpha value is -0.850. The Morgan fingerprint density at radius 1 is 1.33 bits per heavy atom. The predicted octanol–water partition coefficient (Wildman–Crippen LogP) is 1.95. The summed E-state index contributed by atoms with van der Waals surface area (Å²) in [5.74, 6) is 1.40. The Balaban J connectivity index is 1.70. The van der Waals surface area contributed by atoms with Gasteiger partial charge in [0.15, 0.2) is 0 Å². The van der Waals surface area contributed by atoms with Gasteiger partial charge in [0.1, 0.15) is 0 Å². The molecule has 3 aliphatic rings. The van der Waals surface area contributed by atoms with Crippen LogP contribution >= 0.6 is 0 Å². The Morgan fingerprint density at radius 2 is 2.00 bits per heavy atom. The van der Waals surface area contributed by atoms with Gasteiger partial charge < -0.3 is 0 Å². The van der Waals surface area contributed by atoms with Crippen LogP contribution in [0, 0.1) is 5.92 Å². The zero-order chi connectivity index (χ0) is 14.9. The van der Waals surface area contributed by atoms with E-state index in [0.717, 1.165) is 18.7 Å². The van der Waals surface area contributed by atoms with Gasteiger partial charge in [0, 0.05) is 0 Å². The number of amidine groups is 1. The van der Waals surface area contributed by atoms with Gasteiger partial charge >= 0.3 is 128 Å².